The van der Waals surface area contributed by atoms with Crippen LogP contribution >= 0.6 is 11.6 Å². The predicted molar refractivity (Wildman–Crippen MR) is 80.8 cm³/mol. The van der Waals surface area contributed by atoms with E-state index >= 15 is 0 Å². The number of benzene rings is 1. The number of hydrogen-bond donors (Lipinski definition) is 2. The number of halogens is 1. The van der Waals surface area contributed by atoms with Gasteiger partial charge >= 0.3 is 0 Å². The van der Waals surface area contributed by atoms with Crippen LogP contribution in [0.5, 0.6) is 0 Å². The van der Waals surface area contributed by atoms with Crippen molar-refractivity contribution in [2.45, 2.75) is 18.8 Å². The number of amides is 1. The lowest BCUT2D eigenvalue weighted by Gasteiger charge is -2.19. The van der Waals surface area contributed by atoms with Gasteiger partial charge in [0.05, 0.1) is 0 Å². The Morgan fingerprint density at radius 1 is 1.38 bits per heavy atom. The first kappa shape index (κ1) is 14.1. The average molecular weight is 306 g/mol. The molecule has 1 aliphatic heterocycles. The molecular formula is C15H16ClN3O2. The molecule has 0 bridgehead atoms. The second-order valence-electron chi connectivity index (χ2n) is 5.08. The molecule has 1 aliphatic rings. The van der Waals surface area contributed by atoms with Crippen LogP contribution < -0.4 is 10.6 Å². The smallest absolute Gasteiger partial charge is 0.277 e. The van der Waals surface area contributed by atoms with E-state index in [0.29, 0.717) is 22.3 Å². The maximum Gasteiger partial charge on any atom is 0.277 e. The Hall–Kier alpha value is -1.85. The molecule has 0 saturated carbocycles. The molecule has 1 aromatic heterocycles. The van der Waals surface area contributed by atoms with E-state index in [1.54, 1.807) is 24.3 Å². The zero-order valence-corrected chi connectivity index (χ0v) is 12.2. The molecule has 1 amide bonds. The van der Waals surface area contributed by atoms with E-state index in [0.717, 1.165) is 25.9 Å². The first-order chi connectivity index (χ1) is 10.2. The van der Waals surface area contributed by atoms with Crippen molar-refractivity contribution in [1.82, 2.24) is 10.3 Å². The Morgan fingerprint density at radius 2 is 2.19 bits per heavy atom. The van der Waals surface area contributed by atoms with Crippen LogP contribution in [0.4, 0.5) is 5.69 Å². The van der Waals surface area contributed by atoms with Gasteiger partial charge in [-0.05, 0) is 43.7 Å². The fraction of sp³-hybridized carbons (Fsp3) is 0.333. The third-order valence-corrected chi connectivity index (χ3v) is 3.75. The van der Waals surface area contributed by atoms with Crippen molar-refractivity contribution >= 4 is 23.2 Å². The van der Waals surface area contributed by atoms with Gasteiger partial charge in [-0.25, -0.2) is 4.98 Å². The Balaban J connectivity index is 1.67. The number of oxazole rings is 1. The maximum absolute atomic E-state index is 12.1. The van der Waals surface area contributed by atoms with Gasteiger partial charge in [-0.15, -0.1) is 0 Å². The molecule has 2 N–H and O–H groups in total. The van der Waals surface area contributed by atoms with Gasteiger partial charge in [0.1, 0.15) is 6.26 Å². The highest BCUT2D eigenvalue weighted by molar-refractivity contribution is 6.30. The molecule has 1 aromatic carbocycles. The van der Waals surface area contributed by atoms with Gasteiger partial charge < -0.3 is 15.1 Å². The molecule has 6 heteroatoms. The topological polar surface area (TPSA) is 67.2 Å². The molecule has 1 unspecified atom stereocenters. The normalized spacial score (nSPS) is 18.4. The van der Waals surface area contributed by atoms with E-state index < -0.39 is 0 Å². The fourth-order valence-corrected chi connectivity index (χ4v) is 2.50. The summed E-state index contributed by atoms with van der Waals surface area (Å²) in [6.07, 6.45) is 3.54. The van der Waals surface area contributed by atoms with Crippen LogP contribution in [0.3, 0.4) is 0 Å². The Labute approximate surface area is 127 Å². The van der Waals surface area contributed by atoms with Gasteiger partial charge in [-0.1, -0.05) is 11.6 Å². The molecule has 2 aromatic rings. The predicted octanol–water partition coefficient (Wildman–Crippen LogP) is 3.05. The van der Waals surface area contributed by atoms with Crippen LogP contribution in [0.15, 0.2) is 34.9 Å². The van der Waals surface area contributed by atoms with Gasteiger partial charge in [0.2, 0.25) is 0 Å². The minimum atomic E-state index is -0.281. The van der Waals surface area contributed by atoms with Crippen LogP contribution in [-0.2, 0) is 0 Å². The number of anilines is 1. The van der Waals surface area contributed by atoms with Crippen molar-refractivity contribution in [1.29, 1.82) is 0 Å². The summed E-state index contributed by atoms with van der Waals surface area (Å²) in [6.45, 7) is 1.87. The zero-order valence-electron chi connectivity index (χ0n) is 11.4. The standard InChI is InChI=1S/C15H16ClN3O2/c16-11-3-5-12(6-4-11)18-14(20)13-9-21-15(19-13)10-2-1-7-17-8-10/h3-6,9-10,17H,1-2,7-8H2,(H,18,20). The van der Waals surface area contributed by atoms with E-state index in [1.807, 2.05) is 0 Å². The van der Waals surface area contributed by atoms with Crippen LogP contribution in [0, 0.1) is 0 Å². The molecule has 2 heterocycles. The van der Waals surface area contributed by atoms with Crippen LogP contribution in [0.1, 0.15) is 35.1 Å². The van der Waals surface area contributed by atoms with Crippen molar-refractivity contribution < 1.29 is 9.21 Å². The van der Waals surface area contributed by atoms with Gasteiger partial charge in [0.25, 0.3) is 5.91 Å². The number of carbonyl (C=O) groups excluding carboxylic acids is 1. The van der Waals surface area contributed by atoms with Crippen LogP contribution in [0.25, 0.3) is 0 Å². The quantitative estimate of drug-likeness (QED) is 0.914. The molecule has 3 rings (SSSR count). The molecule has 1 fully saturated rings. The highest BCUT2D eigenvalue weighted by Crippen LogP contribution is 2.22. The van der Waals surface area contributed by atoms with Gasteiger partial charge in [0, 0.05) is 23.2 Å². The SMILES string of the molecule is O=C(Nc1ccc(Cl)cc1)c1coc(C2CCCNC2)n1. The molecule has 5 nitrogen and oxygen atoms in total. The number of rotatable bonds is 3. The van der Waals surface area contributed by atoms with E-state index in [2.05, 4.69) is 15.6 Å². The highest BCUT2D eigenvalue weighted by Gasteiger charge is 2.21. The van der Waals surface area contributed by atoms with Crippen molar-refractivity contribution in [2.24, 2.45) is 0 Å². The first-order valence-electron chi connectivity index (χ1n) is 6.95. The maximum atomic E-state index is 12.1. The number of piperidine rings is 1. The van der Waals surface area contributed by atoms with E-state index in [-0.39, 0.29) is 11.8 Å². The number of nitrogens with one attached hydrogen (secondary N) is 2. The molecule has 1 saturated heterocycles. The second kappa shape index (κ2) is 6.28. The summed E-state index contributed by atoms with van der Waals surface area (Å²) >= 11 is 5.81. The average Bonchev–Trinajstić information content (AvgIpc) is 3.00. The lowest BCUT2D eigenvalue weighted by Crippen LogP contribution is -2.28. The van der Waals surface area contributed by atoms with Gasteiger partial charge in [-0.2, -0.15) is 0 Å². The molecule has 0 radical (unpaired) electrons. The minimum Gasteiger partial charge on any atom is -0.448 e. The van der Waals surface area contributed by atoms with E-state index in [1.165, 1.54) is 6.26 Å². The highest BCUT2D eigenvalue weighted by atomic mass is 35.5. The molecule has 21 heavy (non-hydrogen) atoms. The fourth-order valence-electron chi connectivity index (χ4n) is 2.37. The number of hydrogen-bond acceptors (Lipinski definition) is 4. The summed E-state index contributed by atoms with van der Waals surface area (Å²) < 4.78 is 5.45. The van der Waals surface area contributed by atoms with Crippen molar-refractivity contribution in [3.63, 3.8) is 0 Å². The Bertz CT molecular complexity index is 618. The van der Waals surface area contributed by atoms with Crippen LogP contribution in [-0.4, -0.2) is 24.0 Å². The molecule has 0 aliphatic carbocycles. The van der Waals surface area contributed by atoms with Gasteiger partial charge in [0.15, 0.2) is 11.6 Å². The minimum absolute atomic E-state index is 0.246. The Kier molecular flexibility index (Phi) is 4.22. The summed E-state index contributed by atoms with van der Waals surface area (Å²) in [6, 6.07) is 6.93. The molecule has 110 valence electrons. The third kappa shape index (κ3) is 3.43. The summed E-state index contributed by atoms with van der Waals surface area (Å²) in [4.78, 5) is 16.4. The summed E-state index contributed by atoms with van der Waals surface area (Å²) in [5.41, 5.74) is 0.971. The largest absolute Gasteiger partial charge is 0.448 e. The number of nitrogens with zero attached hydrogens (tertiary/aromatic N) is 1. The first-order valence-corrected chi connectivity index (χ1v) is 7.33. The van der Waals surface area contributed by atoms with Gasteiger partial charge in [-0.3, -0.25) is 4.79 Å². The number of aromatic nitrogens is 1. The molecular weight excluding hydrogens is 290 g/mol. The third-order valence-electron chi connectivity index (χ3n) is 3.50. The zero-order chi connectivity index (χ0) is 14.7. The van der Waals surface area contributed by atoms with E-state index in [4.69, 9.17) is 16.0 Å². The van der Waals surface area contributed by atoms with Crippen LogP contribution in [0.2, 0.25) is 5.02 Å². The van der Waals surface area contributed by atoms with E-state index in [9.17, 15) is 4.79 Å². The van der Waals surface area contributed by atoms with Crippen molar-refractivity contribution in [3.05, 3.63) is 47.1 Å². The van der Waals surface area contributed by atoms with Crippen molar-refractivity contribution in [3.8, 4) is 0 Å². The lowest BCUT2D eigenvalue weighted by molar-refractivity contribution is 0.102. The summed E-state index contributed by atoms with van der Waals surface area (Å²) in [5.74, 6) is 0.593. The van der Waals surface area contributed by atoms with Crippen molar-refractivity contribution in [2.75, 3.05) is 18.4 Å². The molecule has 0 spiro atoms. The molecule has 1 atom stereocenters. The lowest BCUT2D eigenvalue weighted by atomic mass is 10.00. The Morgan fingerprint density at radius 3 is 2.90 bits per heavy atom. The second-order valence-corrected chi connectivity index (χ2v) is 5.51. The summed E-state index contributed by atoms with van der Waals surface area (Å²) in [7, 11) is 0. The summed E-state index contributed by atoms with van der Waals surface area (Å²) in [5, 5.41) is 6.70. The number of carbonyl (C=O) groups is 1. The monoisotopic (exact) mass is 305 g/mol.